The number of carbonyl (C=O) groups excluding carboxylic acids is 1. The van der Waals surface area contributed by atoms with E-state index in [9.17, 15) is 18.0 Å². The molecule has 0 unspecified atom stereocenters. The normalized spacial score (nSPS) is 19.7. The molecule has 150 valence electrons. The van der Waals surface area contributed by atoms with E-state index in [0.717, 1.165) is 37.8 Å². The van der Waals surface area contributed by atoms with Crippen LogP contribution in [-0.4, -0.2) is 23.2 Å². The topological polar surface area (TPSA) is 63.2 Å². The smallest absolute Gasteiger partial charge is 0.416 e. The Bertz CT molecular complexity index is 790. The number of nitrogens with one attached hydrogen (secondary N) is 2. The van der Waals surface area contributed by atoms with Crippen molar-refractivity contribution in [1.82, 2.24) is 10.3 Å². The first kappa shape index (κ1) is 20.3. The van der Waals surface area contributed by atoms with E-state index in [4.69, 9.17) is 16.3 Å². The lowest BCUT2D eigenvalue weighted by Gasteiger charge is -2.29. The predicted octanol–water partition coefficient (Wildman–Crippen LogP) is 5.27. The molecule has 2 amide bonds. The van der Waals surface area contributed by atoms with Crippen LogP contribution >= 0.6 is 11.6 Å². The molecule has 9 heteroatoms. The van der Waals surface area contributed by atoms with Gasteiger partial charge >= 0.3 is 12.2 Å². The molecule has 2 N–H and O–H groups in total. The molecule has 1 saturated carbocycles. The molecule has 2 aromatic rings. The third-order valence-corrected chi connectivity index (χ3v) is 4.69. The Balaban J connectivity index is 1.42. The van der Waals surface area contributed by atoms with Gasteiger partial charge in [-0.3, -0.25) is 0 Å². The molecule has 1 aromatic heterocycles. The van der Waals surface area contributed by atoms with Crippen molar-refractivity contribution in [2.75, 3.05) is 5.32 Å². The van der Waals surface area contributed by atoms with Crippen molar-refractivity contribution in [1.29, 1.82) is 0 Å². The molecule has 5 nitrogen and oxygen atoms in total. The van der Waals surface area contributed by atoms with Crippen LogP contribution in [-0.2, 0) is 6.18 Å². The highest BCUT2D eigenvalue weighted by atomic mass is 35.5. The summed E-state index contributed by atoms with van der Waals surface area (Å²) in [5, 5.41) is 5.94. The lowest BCUT2D eigenvalue weighted by Crippen LogP contribution is -2.41. The first-order valence-electron chi connectivity index (χ1n) is 8.82. The van der Waals surface area contributed by atoms with Gasteiger partial charge in [0.05, 0.1) is 10.6 Å². The summed E-state index contributed by atoms with van der Waals surface area (Å²) in [5.74, 6) is 0.515. The maximum Gasteiger partial charge on any atom is 0.416 e. The quantitative estimate of drug-likeness (QED) is 0.718. The zero-order valence-corrected chi connectivity index (χ0v) is 15.6. The number of amides is 2. The van der Waals surface area contributed by atoms with Crippen molar-refractivity contribution in [2.24, 2.45) is 0 Å². The highest BCUT2D eigenvalue weighted by molar-refractivity contribution is 6.30. The Morgan fingerprint density at radius 2 is 1.75 bits per heavy atom. The van der Waals surface area contributed by atoms with Crippen LogP contribution in [0.2, 0.25) is 5.02 Å². The Labute approximate surface area is 165 Å². The van der Waals surface area contributed by atoms with Crippen LogP contribution in [0.4, 0.5) is 23.7 Å². The molecule has 0 aliphatic heterocycles. The largest absolute Gasteiger partial charge is 0.474 e. The summed E-state index contributed by atoms with van der Waals surface area (Å²) in [6.45, 7) is 0. The van der Waals surface area contributed by atoms with Gasteiger partial charge in [-0.1, -0.05) is 11.6 Å². The van der Waals surface area contributed by atoms with E-state index in [1.54, 1.807) is 12.1 Å². The van der Waals surface area contributed by atoms with Crippen molar-refractivity contribution in [3.63, 3.8) is 0 Å². The van der Waals surface area contributed by atoms with Gasteiger partial charge < -0.3 is 15.4 Å². The number of aromatic nitrogens is 1. The highest BCUT2D eigenvalue weighted by Gasteiger charge is 2.30. The fraction of sp³-hybridized carbons (Fsp3) is 0.368. The molecule has 0 spiro atoms. The molecule has 1 heterocycles. The number of alkyl halides is 3. The molecule has 1 aromatic carbocycles. The lowest BCUT2D eigenvalue weighted by molar-refractivity contribution is -0.137. The van der Waals surface area contributed by atoms with E-state index in [2.05, 4.69) is 15.6 Å². The van der Waals surface area contributed by atoms with Crippen LogP contribution in [0, 0.1) is 0 Å². The second-order valence-electron chi connectivity index (χ2n) is 6.58. The Morgan fingerprint density at radius 3 is 2.32 bits per heavy atom. The van der Waals surface area contributed by atoms with Gasteiger partial charge in [0.1, 0.15) is 6.10 Å². The molecule has 1 fully saturated rings. The number of anilines is 1. The van der Waals surface area contributed by atoms with E-state index in [0.29, 0.717) is 16.6 Å². The molecule has 0 atom stereocenters. The monoisotopic (exact) mass is 413 g/mol. The van der Waals surface area contributed by atoms with Gasteiger partial charge in [0.25, 0.3) is 0 Å². The summed E-state index contributed by atoms with van der Waals surface area (Å²) in [7, 11) is 0. The van der Waals surface area contributed by atoms with Gasteiger partial charge in [-0.05, 0) is 56.0 Å². The van der Waals surface area contributed by atoms with Gasteiger partial charge in [-0.15, -0.1) is 0 Å². The molecule has 28 heavy (non-hydrogen) atoms. The zero-order chi connectivity index (χ0) is 20.1. The van der Waals surface area contributed by atoms with Crippen LogP contribution in [0.5, 0.6) is 5.88 Å². The molecule has 0 saturated heterocycles. The maximum absolute atomic E-state index is 12.6. The Kier molecular flexibility index (Phi) is 6.28. The first-order valence-corrected chi connectivity index (χ1v) is 9.20. The van der Waals surface area contributed by atoms with Crippen LogP contribution in [0.1, 0.15) is 31.2 Å². The predicted molar refractivity (Wildman–Crippen MR) is 99.5 cm³/mol. The van der Waals surface area contributed by atoms with Crippen LogP contribution in [0.15, 0.2) is 42.6 Å². The second-order valence-corrected chi connectivity index (χ2v) is 7.02. The summed E-state index contributed by atoms with van der Waals surface area (Å²) < 4.78 is 43.5. The van der Waals surface area contributed by atoms with Crippen LogP contribution in [0.25, 0.3) is 0 Å². The molecule has 0 bridgehead atoms. The van der Waals surface area contributed by atoms with Crippen LogP contribution < -0.4 is 15.4 Å². The van der Waals surface area contributed by atoms with Crippen molar-refractivity contribution >= 4 is 23.3 Å². The van der Waals surface area contributed by atoms with Gasteiger partial charge in [-0.2, -0.15) is 13.2 Å². The number of benzene rings is 1. The van der Waals surface area contributed by atoms with Crippen molar-refractivity contribution < 1.29 is 22.7 Å². The highest BCUT2D eigenvalue weighted by Crippen LogP contribution is 2.30. The number of carbonyl (C=O) groups is 1. The van der Waals surface area contributed by atoms with Gasteiger partial charge in [0.2, 0.25) is 5.88 Å². The molecule has 3 rings (SSSR count). The third kappa shape index (κ3) is 5.76. The van der Waals surface area contributed by atoms with E-state index in [1.807, 2.05) is 0 Å². The third-order valence-electron chi connectivity index (χ3n) is 4.47. The minimum atomic E-state index is -4.40. The Morgan fingerprint density at radius 1 is 1.07 bits per heavy atom. The summed E-state index contributed by atoms with van der Waals surface area (Å²) in [5.41, 5.74) is -0.455. The second kappa shape index (κ2) is 8.68. The lowest BCUT2D eigenvalue weighted by atomic mass is 9.93. The number of urea groups is 1. The zero-order valence-electron chi connectivity index (χ0n) is 14.8. The van der Waals surface area contributed by atoms with E-state index >= 15 is 0 Å². The number of nitrogens with zero attached hydrogens (tertiary/aromatic N) is 1. The number of ether oxygens (including phenoxy) is 1. The SMILES string of the molecule is O=C(Nc1ccc(C(F)(F)F)cc1)NC1CCC(Oc2ccc(Cl)cn2)CC1. The average molecular weight is 414 g/mol. The standard InChI is InChI=1S/C19H19ClF3N3O2/c20-13-3-10-17(24-11-13)28-16-8-6-15(7-9-16)26-18(27)25-14-4-1-12(2-5-14)19(21,22)23/h1-5,10-11,15-16H,6-9H2,(H2,25,26,27). The number of pyridine rings is 1. The molecular weight excluding hydrogens is 395 g/mol. The fourth-order valence-electron chi connectivity index (χ4n) is 3.02. The minimum absolute atomic E-state index is 0.0182. The number of halogens is 4. The Hall–Kier alpha value is -2.48. The van der Waals surface area contributed by atoms with Crippen molar-refractivity contribution in [3.05, 3.63) is 53.2 Å². The number of hydrogen-bond donors (Lipinski definition) is 2. The molecule has 1 aliphatic rings. The average Bonchev–Trinajstić information content (AvgIpc) is 2.65. The molecule has 0 radical (unpaired) electrons. The van der Waals surface area contributed by atoms with Gasteiger partial charge in [-0.25, -0.2) is 9.78 Å². The minimum Gasteiger partial charge on any atom is -0.474 e. The maximum atomic E-state index is 12.6. The van der Waals surface area contributed by atoms with E-state index in [-0.39, 0.29) is 12.1 Å². The van der Waals surface area contributed by atoms with Crippen molar-refractivity contribution in [2.45, 2.75) is 44.0 Å². The summed E-state index contributed by atoms with van der Waals surface area (Å²) in [4.78, 5) is 16.2. The fourth-order valence-corrected chi connectivity index (χ4v) is 3.13. The summed E-state index contributed by atoms with van der Waals surface area (Å²) in [6.07, 6.45) is 0.130. The molecular formula is C19H19ClF3N3O2. The van der Waals surface area contributed by atoms with Crippen LogP contribution in [0.3, 0.4) is 0 Å². The van der Waals surface area contributed by atoms with E-state index in [1.165, 1.54) is 18.3 Å². The first-order chi connectivity index (χ1) is 13.3. The van der Waals surface area contributed by atoms with Crippen molar-refractivity contribution in [3.8, 4) is 5.88 Å². The summed E-state index contributed by atoms with van der Waals surface area (Å²) in [6, 6.07) is 7.29. The van der Waals surface area contributed by atoms with Gasteiger partial charge in [0, 0.05) is 24.0 Å². The number of hydrogen-bond acceptors (Lipinski definition) is 3. The summed E-state index contributed by atoms with van der Waals surface area (Å²) >= 11 is 5.79. The van der Waals surface area contributed by atoms with Gasteiger partial charge in [0.15, 0.2) is 0 Å². The van der Waals surface area contributed by atoms with E-state index < -0.39 is 17.8 Å². The molecule has 1 aliphatic carbocycles. The number of rotatable bonds is 4.